The number of carbonyl (C=O) groups excluding carboxylic acids is 1. The highest BCUT2D eigenvalue weighted by Gasteiger charge is 2.47. The quantitative estimate of drug-likeness (QED) is 0.341. The van der Waals surface area contributed by atoms with Crippen LogP contribution in [-0.2, 0) is 9.53 Å². The second-order valence-electron chi connectivity index (χ2n) is 6.65. The van der Waals surface area contributed by atoms with Crippen LogP contribution in [0.1, 0.15) is 32.4 Å². The van der Waals surface area contributed by atoms with Gasteiger partial charge in [0.25, 0.3) is 5.91 Å². The number of imidazole rings is 1. The van der Waals surface area contributed by atoms with Crippen LogP contribution in [0.2, 0.25) is 0 Å². The molecule has 3 rings (SSSR count). The minimum Gasteiger partial charge on any atom is -0.387 e. The Kier molecular flexibility index (Phi) is 6.73. The van der Waals surface area contributed by atoms with Gasteiger partial charge in [0.1, 0.15) is 18.5 Å². The first kappa shape index (κ1) is 20.4. The molecule has 4 atom stereocenters. The molecule has 2 aromatic heterocycles. The average molecular weight is 393 g/mol. The highest BCUT2D eigenvalue weighted by Crippen LogP contribution is 2.32. The summed E-state index contributed by atoms with van der Waals surface area (Å²) in [5, 5.41) is 26.4. The van der Waals surface area contributed by atoms with E-state index < -0.39 is 30.4 Å². The van der Waals surface area contributed by atoms with Crippen LogP contribution in [0.3, 0.4) is 0 Å². The number of fused-ring (bicyclic) bond motifs is 1. The number of unbranched alkanes of at least 4 members (excludes halogenated alkanes) is 2. The highest BCUT2D eigenvalue weighted by atomic mass is 16.6. The highest BCUT2D eigenvalue weighted by molar-refractivity contribution is 5.83. The van der Waals surface area contributed by atoms with E-state index in [9.17, 15) is 15.0 Å². The maximum absolute atomic E-state index is 12.1. The first-order chi connectivity index (χ1) is 13.6. The number of nitrogens with zero attached hydrogens (tertiary/aromatic N) is 4. The lowest BCUT2D eigenvalue weighted by atomic mass is 10.1. The van der Waals surface area contributed by atoms with Crippen LogP contribution in [0.5, 0.6) is 0 Å². The molecule has 0 aliphatic carbocycles. The molecule has 0 bridgehead atoms. The van der Waals surface area contributed by atoms with E-state index >= 15 is 0 Å². The summed E-state index contributed by atoms with van der Waals surface area (Å²) in [5.74, 6) is 0.0974. The fraction of sp³-hybridized carbons (Fsp3) is 0.647. The van der Waals surface area contributed by atoms with Crippen LogP contribution >= 0.6 is 0 Å². The summed E-state index contributed by atoms with van der Waals surface area (Å²) in [6.07, 6.45) is 0.993. The van der Waals surface area contributed by atoms with Crippen molar-refractivity contribution < 1.29 is 19.7 Å². The van der Waals surface area contributed by atoms with Crippen molar-refractivity contribution in [2.45, 2.75) is 50.7 Å². The molecule has 1 amide bonds. The summed E-state index contributed by atoms with van der Waals surface area (Å²) < 4.78 is 7.14. The zero-order chi connectivity index (χ0) is 20.1. The molecule has 28 heavy (non-hydrogen) atoms. The normalized spacial score (nSPS) is 24.6. The lowest BCUT2D eigenvalue weighted by molar-refractivity contribution is -0.137. The van der Waals surface area contributed by atoms with Crippen LogP contribution < -0.4 is 16.4 Å². The van der Waals surface area contributed by atoms with Crippen molar-refractivity contribution in [3.63, 3.8) is 0 Å². The van der Waals surface area contributed by atoms with Crippen LogP contribution in [0.4, 0.5) is 5.82 Å². The number of amides is 1. The van der Waals surface area contributed by atoms with Crippen LogP contribution in [0, 0.1) is 0 Å². The Hall–Kier alpha value is -2.34. The second-order valence-corrected chi connectivity index (χ2v) is 6.65. The number of ether oxygens (including phenoxy) is 1. The van der Waals surface area contributed by atoms with Gasteiger partial charge in [-0.3, -0.25) is 9.36 Å². The van der Waals surface area contributed by atoms with Gasteiger partial charge in [-0.2, -0.15) is 0 Å². The van der Waals surface area contributed by atoms with Gasteiger partial charge in [-0.15, -0.1) is 0 Å². The number of hydrogen-bond donors (Lipinski definition) is 5. The molecule has 11 nitrogen and oxygen atoms in total. The molecule has 0 radical (unpaired) electrons. The van der Waals surface area contributed by atoms with Crippen LogP contribution in [0.15, 0.2) is 12.7 Å². The Balaban J connectivity index is 1.77. The number of rotatable bonds is 9. The molecule has 1 saturated heterocycles. The largest absolute Gasteiger partial charge is 0.387 e. The van der Waals surface area contributed by atoms with Gasteiger partial charge in [0.2, 0.25) is 0 Å². The summed E-state index contributed by atoms with van der Waals surface area (Å²) >= 11 is 0. The third kappa shape index (κ3) is 4.07. The van der Waals surface area contributed by atoms with E-state index in [1.807, 2.05) is 0 Å². The van der Waals surface area contributed by atoms with Gasteiger partial charge in [0.05, 0.1) is 6.33 Å². The predicted octanol–water partition coefficient (Wildman–Crippen LogP) is -0.877. The SMILES string of the molecule is CCNC(=O)[C@H]1O[C@@H](n2cnc3c(NCCCCCN)ncnc32)[C@H](O)[C@@H]1O. The van der Waals surface area contributed by atoms with E-state index in [1.165, 1.54) is 17.2 Å². The van der Waals surface area contributed by atoms with E-state index in [1.54, 1.807) is 6.92 Å². The molecule has 154 valence electrons. The van der Waals surface area contributed by atoms with E-state index in [0.717, 1.165) is 25.8 Å². The fourth-order valence-electron chi connectivity index (χ4n) is 3.20. The van der Waals surface area contributed by atoms with Crippen molar-refractivity contribution in [2.24, 2.45) is 5.73 Å². The Morgan fingerprint density at radius 1 is 1.25 bits per heavy atom. The second kappa shape index (κ2) is 9.24. The standard InChI is InChI=1S/C17H27N7O4/c1-2-19-16(27)13-11(25)12(26)17(28-13)24-9-23-10-14(21-8-22-15(10)24)20-7-5-3-4-6-18/h8-9,11-13,17,25-26H,2-7,18H2,1H3,(H,19,27)(H,20,21,22)/t11-,12+,13-,17+/m0/s1. The van der Waals surface area contributed by atoms with E-state index in [-0.39, 0.29) is 0 Å². The molecule has 1 fully saturated rings. The number of aliphatic hydroxyl groups is 2. The number of anilines is 1. The molecule has 0 saturated carbocycles. The zero-order valence-electron chi connectivity index (χ0n) is 15.8. The van der Waals surface area contributed by atoms with Gasteiger partial charge in [0, 0.05) is 13.1 Å². The number of aromatic nitrogens is 4. The van der Waals surface area contributed by atoms with Crippen LogP contribution in [-0.4, -0.2) is 73.6 Å². The molecular formula is C17H27N7O4. The van der Waals surface area contributed by atoms with E-state index in [4.69, 9.17) is 10.5 Å². The van der Waals surface area contributed by atoms with Gasteiger partial charge in [-0.25, -0.2) is 15.0 Å². The van der Waals surface area contributed by atoms with Crippen molar-refractivity contribution in [1.82, 2.24) is 24.8 Å². The minimum absolute atomic E-state index is 0.397. The maximum Gasteiger partial charge on any atom is 0.252 e. The number of carbonyl (C=O) groups is 1. The van der Waals surface area contributed by atoms with E-state index in [2.05, 4.69) is 25.6 Å². The lowest BCUT2D eigenvalue weighted by Crippen LogP contribution is -2.42. The van der Waals surface area contributed by atoms with Gasteiger partial charge in [0.15, 0.2) is 29.3 Å². The molecule has 0 unspecified atom stereocenters. The first-order valence-corrected chi connectivity index (χ1v) is 9.49. The Labute approximate surface area is 162 Å². The molecule has 2 aromatic rings. The smallest absolute Gasteiger partial charge is 0.252 e. The Morgan fingerprint density at radius 3 is 2.82 bits per heavy atom. The lowest BCUT2D eigenvalue weighted by Gasteiger charge is -2.16. The molecule has 0 aromatic carbocycles. The number of aliphatic hydroxyl groups excluding tert-OH is 2. The van der Waals surface area contributed by atoms with Gasteiger partial charge < -0.3 is 31.3 Å². The van der Waals surface area contributed by atoms with Gasteiger partial charge in [-0.05, 0) is 26.3 Å². The molecular weight excluding hydrogens is 366 g/mol. The summed E-state index contributed by atoms with van der Waals surface area (Å²) in [6.45, 7) is 3.56. The first-order valence-electron chi connectivity index (χ1n) is 9.49. The molecule has 0 spiro atoms. The number of nitrogens with two attached hydrogens (primary N) is 1. The predicted molar refractivity (Wildman–Crippen MR) is 101 cm³/mol. The zero-order valence-corrected chi connectivity index (χ0v) is 15.8. The van der Waals surface area contributed by atoms with Crippen molar-refractivity contribution in [3.05, 3.63) is 12.7 Å². The van der Waals surface area contributed by atoms with Crippen LogP contribution in [0.25, 0.3) is 11.2 Å². The van der Waals surface area contributed by atoms with Gasteiger partial charge in [-0.1, -0.05) is 6.42 Å². The third-order valence-electron chi connectivity index (χ3n) is 4.65. The monoisotopic (exact) mass is 393 g/mol. The van der Waals surface area contributed by atoms with Crippen molar-refractivity contribution in [1.29, 1.82) is 0 Å². The summed E-state index contributed by atoms with van der Waals surface area (Å²) in [6, 6.07) is 0. The number of nitrogens with one attached hydrogen (secondary N) is 2. The topological polar surface area (TPSA) is 160 Å². The number of likely N-dealkylation sites (N-methyl/N-ethyl adjacent to an activating group) is 1. The summed E-state index contributed by atoms with van der Waals surface area (Å²) in [5.41, 5.74) is 6.45. The molecule has 11 heteroatoms. The van der Waals surface area contributed by atoms with Gasteiger partial charge >= 0.3 is 0 Å². The molecule has 1 aliphatic rings. The van der Waals surface area contributed by atoms with E-state index in [0.29, 0.717) is 30.1 Å². The fourth-order valence-corrected chi connectivity index (χ4v) is 3.20. The summed E-state index contributed by atoms with van der Waals surface area (Å²) in [7, 11) is 0. The number of hydrogen-bond acceptors (Lipinski definition) is 9. The average Bonchev–Trinajstić information content (AvgIpc) is 3.24. The maximum atomic E-state index is 12.1. The molecule has 6 N–H and O–H groups in total. The molecule has 1 aliphatic heterocycles. The Morgan fingerprint density at radius 2 is 2.07 bits per heavy atom. The third-order valence-corrected chi connectivity index (χ3v) is 4.65. The Bertz CT molecular complexity index is 799. The minimum atomic E-state index is -1.35. The van der Waals surface area contributed by atoms with Crippen molar-refractivity contribution in [2.75, 3.05) is 25.0 Å². The summed E-state index contributed by atoms with van der Waals surface area (Å²) in [4.78, 5) is 24.8. The van der Waals surface area contributed by atoms with Crippen molar-refractivity contribution in [3.8, 4) is 0 Å². The van der Waals surface area contributed by atoms with Crippen molar-refractivity contribution >= 4 is 22.9 Å². The molecule has 3 heterocycles.